The maximum atomic E-state index is 11.5. The number of carbonyl (C=O) groups excluding carboxylic acids is 1. The summed E-state index contributed by atoms with van der Waals surface area (Å²) in [4.78, 5) is 22.0. The Morgan fingerprint density at radius 3 is 2.40 bits per heavy atom. The second-order valence-electron chi connectivity index (χ2n) is 4.87. The van der Waals surface area contributed by atoms with E-state index in [0.29, 0.717) is 6.42 Å². The van der Waals surface area contributed by atoms with Crippen molar-refractivity contribution in [2.24, 2.45) is 5.92 Å². The lowest BCUT2D eigenvalue weighted by molar-refractivity contribution is -0.138. The average Bonchev–Trinajstić information content (AvgIpc) is 1.98. The van der Waals surface area contributed by atoms with Crippen molar-refractivity contribution < 1.29 is 14.7 Å². The summed E-state index contributed by atoms with van der Waals surface area (Å²) in [7, 11) is 0. The van der Waals surface area contributed by atoms with E-state index >= 15 is 0 Å². The fraction of sp³-hybridized carbons (Fsp3) is 0.818. The molecule has 1 aliphatic rings. The van der Waals surface area contributed by atoms with Gasteiger partial charge in [0.15, 0.2) is 0 Å². The second kappa shape index (κ2) is 4.64. The molecule has 0 aromatic heterocycles. The number of amides is 1. The summed E-state index contributed by atoms with van der Waals surface area (Å²) in [6.45, 7) is 3.83. The maximum Gasteiger partial charge on any atom is 0.303 e. The zero-order chi connectivity index (χ0) is 11.5. The summed E-state index contributed by atoms with van der Waals surface area (Å²) in [5, 5.41) is 11.5. The molecule has 1 fully saturated rings. The summed E-state index contributed by atoms with van der Waals surface area (Å²) in [6, 6.07) is 0. The molecule has 0 radical (unpaired) electrons. The van der Waals surface area contributed by atoms with Gasteiger partial charge in [0.05, 0.1) is 0 Å². The molecule has 2 N–H and O–H groups in total. The van der Waals surface area contributed by atoms with Gasteiger partial charge in [-0.25, -0.2) is 0 Å². The summed E-state index contributed by atoms with van der Waals surface area (Å²) < 4.78 is 0. The quantitative estimate of drug-likeness (QED) is 0.728. The topological polar surface area (TPSA) is 66.4 Å². The van der Waals surface area contributed by atoms with Crippen molar-refractivity contribution in [2.45, 2.75) is 51.5 Å². The number of carboxylic acid groups (broad SMARTS) is 1. The van der Waals surface area contributed by atoms with Crippen molar-refractivity contribution in [1.29, 1.82) is 0 Å². The van der Waals surface area contributed by atoms with Gasteiger partial charge in [-0.1, -0.05) is 6.92 Å². The molecule has 0 aliphatic heterocycles. The smallest absolute Gasteiger partial charge is 0.303 e. The first kappa shape index (κ1) is 12.0. The van der Waals surface area contributed by atoms with Gasteiger partial charge < -0.3 is 10.4 Å². The lowest BCUT2D eigenvalue weighted by atomic mass is 9.78. The molecule has 1 unspecified atom stereocenters. The lowest BCUT2D eigenvalue weighted by Gasteiger charge is -2.39. The van der Waals surface area contributed by atoms with Gasteiger partial charge in [-0.3, -0.25) is 9.59 Å². The van der Waals surface area contributed by atoms with Crippen LogP contribution in [-0.2, 0) is 9.59 Å². The predicted molar refractivity (Wildman–Crippen MR) is 56.4 cm³/mol. The summed E-state index contributed by atoms with van der Waals surface area (Å²) in [5.74, 6) is -0.956. The number of nitrogens with one attached hydrogen (secondary N) is 1. The summed E-state index contributed by atoms with van der Waals surface area (Å²) in [6.07, 6.45) is 3.60. The minimum absolute atomic E-state index is 0.0223. The fourth-order valence-electron chi connectivity index (χ4n) is 1.91. The highest BCUT2D eigenvalue weighted by atomic mass is 16.4. The summed E-state index contributed by atoms with van der Waals surface area (Å²) >= 11 is 0. The molecule has 1 saturated carbocycles. The Morgan fingerprint density at radius 1 is 1.40 bits per heavy atom. The zero-order valence-electron chi connectivity index (χ0n) is 9.38. The minimum atomic E-state index is -0.842. The van der Waals surface area contributed by atoms with Crippen molar-refractivity contribution in [3.63, 3.8) is 0 Å². The van der Waals surface area contributed by atoms with Crippen LogP contribution < -0.4 is 5.32 Å². The number of hydrogen-bond donors (Lipinski definition) is 2. The van der Waals surface area contributed by atoms with E-state index in [1.54, 1.807) is 6.92 Å². The van der Waals surface area contributed by atoms with Crippen LogP contribution in [0.25, 0.3) is 0 Å². The molecular formula is C11H19NO3. The van der Waals surface area contributed by atoms with E-state index in [2.05, 4.69) is 5.32 Å². The van der Waals surface area contributed by atoms with E-state index in [1.165, 1.54) is 6.42 Å². The van der Waals surface area contributed by atoms with Gasteiger partial charge >= 0.3 is 5.97 Å². The highest BCUT2D eigenvalue weighted by Gasteiger charge is 2.33. The van der Waals surface area contributed by atoms with Crippen LogP contribution in [0.1, 0.15) is 46.0 Å². The van der Waals surface area contributed by atoms with E-state index in [0.717, 1.165) is 12.8 Å². The van der Waals surface area contributed by atoms with Crippen LogP contribution >= 0.6 is 0 Å². The van der Waals surface area contributed by atoms with Gasteiger partial charge in [0, 0.05) is 18.4 Å². The molecule has 86 valence electrons. The monoisotopic (exact) mass is 213 g/mol. The SMILES string of the molecule is CC(CC(=O)O)CC(=O)NC1(C)CCC1. The number of hydrogen-bond acceptors (Lipinski definition) is 2. The van der Waals surface area contributed by atoms with Gasteiger partial charge in [-0.2, -0.15) is 0 Å². The summed E-state index contributed by atoms with van der Waals surface area (Å²) in [5.41, 5.74) is -0.0278. The molecule has 0 saturated heterocycles. The molecule has 0 bridgehead atoms. The Balaban J connectivity index is 2.26. The maximum absolute atomic E-state index is 11.5. The largest absolute Gasteiger partial charge is 0.481 e. The Morgan fingerprint density at radius 2 is 2.00 bits per heavy atom. The molecule has 1 rings (SSSR count). The van der Waals surface area contributed by atoms with Crippen molar-refractivity contribution in [2.75, 3.05) is 0 Å². The van der Waals surface area contributed by atoms with E-state index in [-0.39, 0.29) is 23.8 Å². The third-order valence-corrected chi connectivity index (χ3v) is 2.96. The highest BCUT2D eigenvalue weighted by molar-refractivity contribution is 5.78. The standard InChI is InChI=1S/C11H19NO3/c1-8(7-10(14)15)6-9(13)12-11(2)4-3-5-11/h8H,3-7H2,1-2H3,(H,12,13)(H,14,15). The second-order valence-corrected chi connectivity index (χ2v) is 4.87. The molecule has 0 heterocycles. The normalized spacial score (nSPS) is 20.1. The third kappa shape index (κ3) is 3.90. The molecule has 1 amide bonds. The fourth-order valence-corrected chi connectivity index (χ4v) is 1.91. The first-order valence-electron chi connectivity index (χ1n) is 5.44. The van der Waals surface area contributed by atoms with Crippen LogP contribution in [0.2, 0.25) is 0 Å². The van der Waals surface area contributed by atoms with Crippen molar-refractivity contribution >= 4 is 11.9 Å². The van der Waals surface area contributed by atoms with E-state index < -0.39 is 5.97 Å². The molecule has 4 nitrogen and oxygen atoms in total. The average molecular weight is 213 g/mol. The van der Waals surface area contributed by atoms with Gasteiger partial charge in [0.1, 0.15) is 0 Å². The zero-order valence-corrected chi connectivity index (χ0v) is 9.38. The van der Waals surface area contributed by atoms with Crippen LogP contribution in [0.15, 0.2) is 0 Å². The molecule has 15 heavy (non-hydrogen) atoms. The minimum Gasteiger partial charge on any atom is -0.481 e. The molecule has 0 aromatic carbocycles. The van der Waals surface area contributed by atoms with Gasteiger partial charge in [0.25, 0.3) is 0 Å². The highest BCUT2D eigenvalue weighted by Crippen LogP contribution is 2.31. The van der Waals surface area contributed by atoms with Crippen LogP contribution in [0, 0.1) is 5.92 Å². The Labute approximate surface area is 90.0 Å². The van der Waals surface area contributed by atoms with Gasteiger partial charge in [-0.15, -0.1) is 0 Å². The Hall–Kier alpha value is -1.06. The molecular weight excluding hydrogens is 194 g/mol. The molecule has 0 spiro atoms. The van der Waals surface area contributed by atoms with Crippen LogP contribution in [0.4, 0.5) is 0 Å². The predicted octanol–water partition coefficient (Wildman–Crippen LogP) is 1.55. The van der Waals surface area contributed by atoms with Crippen molar-refractivity contribution in [1.82, 2.24) is 5.32 Å². The van der Waals surface area contributed by atoms with Gasteiger partial charge in [0.2, 0.25) is 5.91 Å². The van der Waals surface area contributed by atoms with E-state index in [9.17, 15) is 9.59 Å². The van der Waals surface area contributed by atoms with Crippen LogP contribution in [0.5, 0.6) is 0 Å². The van der Waals surface area contributed by atoms with Crippen molar-refractivity contribution in [3.05, 3.63) is 0 Å². The van der Waals surface area contributed by atoms with Crippen molar-refractivity contribution in [3.8, 4) is 0 Å². The Kier molecular flexibility index (Phi) is 3.72. The van der Waals surface area contributed by atoms with Gasteiger partial charge in [-0.05, 0) is 32.1 Å². The molecule has 1 atom stereocenters. The first-order valence-corrected chi connectivity index (χ1v) is 5.44. The van der Waals surface area contributed by atoms with E-state index in [4.69, 9.17) is 5.11 Å². The molecule has 4 heteroatoms. The first-order chi connectivity index (χ1) is 6.91. The molecule has 0 aromatic rings. The molecule has 1 aliphatic carbocycles. The number of aliphatic carboxylic acids is 1. The number of rotatable bonds is 5. The number of carbonyl (C=O) groups is 2. The van der Waals surface area contributed by atoms with Crippen LogP contribution in [0.3, 0.4) is 0 Å². The lowest BCUT2D eigenvalue weighted by Crippen LogP contribution is -2.51. The van der Waals surface area contributed by atoms with Crippen LogP contribution in [-0.4, -0.2) is 22.5 Å². The Bertz CT molecular complexity index is 259. The van der Waals surface area contributed by atoms with E-state index in [1.807, 2.05) is 6.92 Å². The number of carboxylic acids is 1. The third-order valence-electron chi connectivity index (χ3n) is 2.96.